The lowest BCUT2D eigenvalue weighted by Gasteiger charge is -2.16. The Labute approximate surface area is 139 Å². The minimum Gasteiger partial charge on any atom is -0.0985 e. The molecule has 1 aromatic carbocycles. The molecule has 0 aliphatic heterocycles. The van der Waals surface area contributed by atoms with Gasteiger partial charge in [-0.25, -0.2) is 0 Å². The Morgan fingerprint density at radius 1 is 0.909 bits per heavy atom. The normalized spacial score (nSPS) is 12.3. The van der Waals surface area contributed by atoms with Gasteiger partial charge in [-0.3, -0.25) is 0 Å². The van der Waals surface area contributed by atoms with E-state index in [0.29, 0.717) is 0 Å². The van der Waals surface area contributed by atoms with E-state index in [9.17, 15) is 0 Å². The Morgan fingerprint density at radius 3 is 2.18 bits per heavy atom. The third kappa shape index (κ3) is 7.82. The van der Waals surface area contributed by atoms with Gasteiger partial charge in [-0.1, -0.05) is 115 Å². The van der Waals surface area contributed by atoms with Crippen LogP contribution in [0.15, 0.2) is 30.8 Å². The second-order valence-electron chi connectivity index (χ2n) is 6.64. The van der Waals surface area contributed by atoms with Gasteiger partial charge >= 0.3 is 0 Å². The number of benzene rings is 1. The highest BCUT2D eigenvalue weighted by atomic mass is 14.1. The first-order valence-corrected chi connectivity index (χ1v) is 9.52. The molecule has 1 unspecified atom stereocenters. The maximum atomic E-state index is 3.94. The first-order valence-electron chi connectivity index (χ1n) is 9.52. The summed E-state index contributed by atoms with van der Waals surface area (Å²) < 4.78 is 0. The average molecular weight is 301 g/mol. The average Bonchev–Trinajstić information content (AvgIpc) is 2.56. The summed E-state index contributed by atoms with van der Waals surface area (Å²) >= 11 is 0. The Kier molecular flexibility index (Phi) is 10.8. The van der Waals surface area contributed by atoms with Gasteiger partial charge in [0, 0.05) is 0 Å². The van der Waals surface area contributed by atoms with Crippen LogP contribution in [-0.4, -0.2) is 0 Å². The van der Waals surface area contributed by atoms with Crippen molar-refractivity contribution in [3.63, 3.8) is 0 Å². The molecular formula is C22H36. The van der Waals surface area contributed by atoms with Crippen LogP contribution in [0.4, 0.5) is 0 Å². The van der Waals surface area contributed by atoms with Gasteiger partial charge in [-0.15, -0.1) is 0 Å². The first-order chi connectivity index (χ1) is 10.8. The Balaban J connectivity index is 2.21. The van der Waals surface area contributed by atoms with Gasteiger partial charge in [0.15, 0.2) is 0 Å². The standard InChI is InChI=1S/C22H36/c1-4-7-8-9-10-11-12-13-16-20(5-2)19-22-18-15-14-17-21(22)6-3/h6,14-15,17-18,20H,3-5,7-13,16,19H2,1-2H3. The van der Waals surface area contributed by atoms with Gasteiger partial charge < -0.3 is 0 Å². The molecule has 0 nitrogen and oxygen atoms in total. The molecule has 0 amide bonds. The predicted molar refractivity (Wildman–Crippen MR) is 101 cm³/mol. The van der Waals surface area contributed by atoms with Crippen molar-refractivity contribution in [2.75, 3.05) is 0 Å². The highest BCUT2D eigenvalue weighted by Crippen LogP contribution is 2.22. The molecule has 0 radical (unpaired) electrons. The number of rotatable bonds is 13. The molecule has 0 aliphatic rings. The molecule has 1 aromatic rings. The molecule has 0 fully saturated rings. The van der Waals surface area contributed by atoms with Crippen LogP contribution in [0.25, 0.3) is 6.08 Å². The van der Waals surface area contributed by atoms with Crippen molar-refractivity contribution in [1.29, 1.82) is 0 Å². The Bertz CT molecular complexity index is 391. The van der Waals surface area contributed by atoms with Gasteiger partial charge in [0.1, 0.15) is 0 Å². The van der Waals surface area contributed by atoms with Crippen LogP contribution < -0.4 is 0 Å². The van der Waals surface area contributed by atoms with Crippen LogP contribution in [0.2, 0.25) is 0 Å². The van der Waals surface area contributed by atoms with E-state index >= 15 is 0 Å². The molecule has 22 heavy (non-hydrogen) atoms. The second kappa shape index (κ2) is 12.5. The Hall–Kier alpha value is -1.04. The largest absolute Gasteiger partial charge is 0.0985 e. The lowest BCUT2D eigenvalue weighted by atomic mass is 9.89. The number of hydrogen-bond donors (Lipinski definition) is 0. The third-order valence-electron chi connectivity index (χ3n) is 4.83. The molecule has 0 spiro atoms. The van der Waals surface area contributed by atoms with Gasteiger partial charge in [0.05, 0.1) is 0 Å². The second-order valence-corrected chi connectivity index (χ2v) is 6.64. The van der Waals surface area contributed by atoms with E-state index in [0.717, 1.165) is 5.92 Å². The van der Waals surface area contributed by atoms with Crippen LogP contribution in [0.5, 0.6) is 0 Å². The van der Waals surface area contributed by atoms with E-state index in [4.69, 9.17) is 0 Å². The summed E-state index contributed by atoms with van der Waals surface area (Å²) in [6.45, 7) is 8.57. The van der Waals surface area contributed by atoms with E-state index in [1.807, 2.05) is 6.08 Å². The molecule has 1 rings (SSSR count). The molecule has 124 valence electrons. The van der Waals surface area contributed by atoms with Gasteiger partial charge in [0.25, 0.3) is 0 Å². The van der Waals surface area contributed by atoms with E-state index in [-0.39, 0.29) is 0 Å². The fraction of sp³-hybridized carbons (Fsp3) is 0.636. The molecule has 0 aromatic heterocycles. The summed E-state index contributed by atoms with van der Waals surface area (Å²) in [7, 11) is 0. The van der Waals surface area contributed by atoms with E-state index in [2.05, 4.69) is 44.7 Å². The molecule has 0 bridgehead atoms. The number of hydrogen-bond acceptors (Lipinski definition) is 0. The van der Waals surface area contributed by atoms with Crippen LogP contribution in [0, 0.1) is 5.92 Å². The summed E-state index contributed by atoms with van der Waals surface area (Å²) in [6.07, 6.45) is 17.2. The first kappa shape index (κ1) is 19.0. The predicted octanol–water partition coefficient (Wildman–Crippen LogP) is 7.43. The molecule has 0 aliphatic carbocycles. The van der Waals surface area contributed by atoms with Gasteiger partial charge in [0.2, 0.25) is 0 Å². The molecule has 0 heterocycles. The molecule has 0 heteroatoms. The van der Waals surface area contributed by atoms with E-state index < -0.39 is 0 Å². The van der Waals surface area contributed by atoms with Crippen molar-refractivity contribution in [2.45, 2.75) is 84.5 Å². The quantitative estimate of drug-likeness (QED) is 0.332. The van der Waals surface area contributed by atoms with E-state index in [1.54, 1.807) is 0 Å². The zero-order valence-electron chi connectivity index (χ0n) is 14.9. The topological polar surface area (TPSA) is 0 Å². The summed E-state index contributed by atoms with van der Waals surface area (Å²) in [6, 6.07) is 8.73. The highest BCUT2D eigenvalue weighted by Gasteiger charge is 2.09. The SMILES string of the molecule is C=Cc1ccccc1CC(CC)CCCCCCCCCC. The minimum atomic E-state index is 0.834. The van der Waals surface area contributed by atoms with Crippen molar-refractivity contribution < 1.29 is 0 Å². The van der Waals surface area contributed by atoms with Crippen LogP contribution >= 0.6 is 0 Å². The molecular weight excluding hydrogens is 264 g/mol. The summed E-state index contributed by atoms with van der Waals surface area (Å²) in [4.78, 5) is 0. The lowest BCUT2D eigenvalue weighted by Crippen LogP contribution is -2.04. The summed E-state index contributed by atoms with van der Waals surface area (Å²) in [5.74, 6) is 0.834. The monoisotopic (exact) mass is 300 g/mol. The molecule has 0 saturated carbocycles. The zero-order chi connectivity index (χ0) is 16.0. The number of unbranched alkanes of at least 4 members (excludes halogenated alkanes) is 7. The van der Waals surface area contributed by atoms with Gasteiger partial charge in [-0.2, -0.15) is 0 Å². The van der Waals surface area contributed by atoms with Crippen molar-refractivity contribution in [3.05, 3.63) is 42.0 Å². The van der Waals surface area contributed by atoms with Crippen molar-refractivity contribution in [2.24, 2.45) is 5.92 Å². The minimum absolute atomic E-state index is 0.834. The molecule has 1 atom stereocenters. The molecule has 0 saturated heterocycles. The summed E-state index contributed by atoms with van der Waals surface area (Å²) in [5.41, 5.74) is 2.79. The zero-order valence-corrected chi connectivity index (χ0v) is 14.9. The maximum absolute atomic E-state index is 3.94. The van der Waals surface area contributed by atoms with Crippen LogP contribution in [-0.2, 0) is 6.42 Å². The molecule has 0 N–H and O–H groups in total. The third-order valence-corrected chi connectivity index (χ3v) is 4.83. The smallest absolute Gasteiger partial charge is 0.0230 e. The van der Waals surface area contributed by atoms with Crippen molar-refractivity contribution in [1.82, 2.24) is 0 Å². The van der Waals surface area contributed by atoms with Crippen LogP contribution in [0.1, 0.15) is 89.2 Å². The van der Waals surface area contributed by atoms with E-state index in [1.165, 1.54) is 81.8 Å². The van der Waals surface area contributed by atoms with Crippen molar-refractivity contribution >= 4 is 6.08 Å². The van der Waals surface area contributed by atoms with Crippen LogP contribution in [0.3, 0.4) is 0 Å². The summed E-state index contributed by atoms with van der Waals surface area (Å²) in [5, 5.41) is 0. The lowest BCUT2D eigenvalue weighted by molar-refractivity contribution is 0.435. The highest BCUT2D eigenvalue weighted by molar-refractivity contribution is 5.51. The van der Waals surface area contributed by atoms with Gasteiger partial charge in [-0.05, 0) is 23.5 Å². The fourth-order valence-corrected chi connectivity index (χ4v) is 3.25. The van der Waals surface area contributed by atoms with Crippen molar-refractivity contribution in [3.8, 4) is 0 Å². The maximum Gasteiger partial charge on any atom is -0.0230 e. The fourth-order valence-electron chi connectivity index (χ4n) is 3.25. The Morgan fingerprint density at radius 2 is 1.55 bits per heavy atom.